The van der Waals surface area contributed by atoms with Crippen molar-refractivity contribution in [3.05, 3.63) is 48.0 Å². The van der Waals surface area contributed by atoms with Crippen molar-refractivity contribution < 1.29 is 23.7 Å². The van der Waals surface area contributed by atoms with Crippen LogP contribution in [0.5, 0.6) is 23.0 Å². The van der Waals surface area contributed by atoms with Crippen LogP contribution < -0.4 is 18.9 Å². The van der Waals surface area contributed by atoms with Crippen LogP contribution in [0.15, 0.2) is 42.5 Å². The van der Waals surface area contributed by atoms with Crippen LogP contribution in [0.4, 0.5) is 0 Å². The highest BCUT2D eigenvalue weighted by Crippen LogP contribution is 2.23. The third-order valence-corrected chi connectivity index (χ3v) is 3.70. The van der Waals surface area contributed by atoms with Gasteiger partial charge >= 0.3 is 0 Å². The molecule has 25 heavy (non-hydrogen) atoms. The molecule has 0 bridgehead atoms. The van der Waals surface area contributed by atoms with Gasteiger partial charge in [-0.25, -0.2) is 0 Å². The number of amides is 1. The molecule has 0 fully saturated rings. The molecule has 6 heteroatoms. The number of likely N-dealkylation sites (N-methyl/N-ethyl adjacent to an activating group) is 1. The van der Waals surface area contributed by atoms with E-state index in [4.69, 9.17) is 18.9 Å². The lowest BCUT2D eigenvalue weighted by Crippen LogP contribution is -2.30. The highest BCUT2D eigenvalue weighted by molar-refractivity contribution is 5.95. The molecular weight excluding hydrogens is 322 g/mol. The third-order valence-electron chi connectivity index (χ3n) is 3.70. The van der Waals surface area contributed by atoms with Gasteiger partial charge in [0.05, 0.1) is 27.9 Å². The topological polar surface area (TPSA) is 57.2 Å². The first-order valence-corrected chi connectivity index (χ1v) is 7.82. The summed E-state index contributed by atoms with van der Waals surface area (Å²) < 4.78 is 21.2. The molecule has 0 atom stereocenters. The number of hydrogen-bond acceptors (Lipinski definition) is 5. The van der Waals surface area contributed by atoms with Gasteiger partial charge in [-0.15, -0.1) is 0 Å². The van der Waals surface area contributed by atoms with Crippen molar-refractivity contribution in [3.8, 4) is 23.0 Å². The Hall–Kier alpha value is -2.89. The first-order chi connectivity index (χ1) is 12.1. The second-order valence-corrected chi connectivity index (χ2v) is 5.35. The fourth-order valence-electron chi connectivity index (χ4n) is 2.23. The molecule has 0 aliphatic rings. The van der Waals surface area contributed by atoms with Gasteiger partial charge in [0, 0.05) is 18.7 Å². The Labute approximate surface area is 147 Å². The first-order valence-electron chi connectivity index (χ1n) is 7.82. The molecule has 134 valence electrons. The van der Waals surface area contributed by atoms with Crippen molar-refractivity contribution in [3.63, 3.8) is 0 Å². The Kier molecular flexibility index (Phi) is 6.51. The van der Waals surface area contributed by atoms with Crippen molar-refractivity contribution in [1.29, 1.82) is 0 Å². The normalized spacial score (nSPS) is 10.1. The molecule has 0 saturated carbocycles. The van der Waals surface area contributed by atoms with E-state index in [0.717, 1.165) is 11.5 Å². The van der Waals surface area contributed by atoms with Crippen LogP contribution in [-0.2, 0) is 0 Å². The van der Waals surface area contributed by atoms with Crippen LogP contribution in [0.25, 0.3) is 0 Å². The molecule has 2 aromatic rings. The smallest absolute Gasteiger partial charge is 0.253 e. The van der Waals surface area contributed by atoms with Crippen molar-refractivity contribution in [2.45, 2.75) is 0 Å². The summed E-state index contributed by atoms with van der Waals surface area (Å²) >= 11 is 0. The Morgan fingerprint density at radius 1 is 0.840 bits per heavy atom. The third kappa shape index (κ3) is 5.04. The fourth-order valence-corrected chi connectivity index (χ4v) is 2.23. The summed E-state index contributed by atoms with van der Waals surface area (Å²) in [5, 5.41) is 0. The molecule has 6 nitrogen and oxygen atoms in total. The maximum atomic E-state index is 12.5. The van der Waals surface area contributed by atoms with Crippen molar-refractivity contribution in [2.75, 3.05) is 41.5 Å². The average molecular weight is 345 g/mol. The number of carbonyl (C=O) groups is 1. The summed E-state index contributed by atoms with van der Waals surface area (Å²) in [6.07, 6.45) is 0. The molecule has 0 aromatic heterocycles. The molecule has 2 rings (SSSR count). The largest absolute Gasteiger partial charge is 0.497 e. The highest BCUT2D eigenvalue weighted by atomic mass is 16.5. The summed E-state index contributed by atoms with van der Waals surface area (Å²) in [4.78, 5) is 14.1. The Morgan fingerprint density at radius 2 is 1.36 bits per heavy atom. The van der Waals surface area contributed by atoms with E-state index in [-0.39, 0.29) is 5.91 Å². The zero-order chi connectivity index (χ0) is 18.2. The molecule has 0 N–H and O–H groups in total. The van der Waals surface area contributed by atoms with E-state index in [1.54, 1.807) is 51.5 Å². The van der Waals surface area contributed by atoms with Gasteiger partial charge in [0.2, 0.25) is 0 Å². The number of methoxy groups -OCH3 is 3. The number of carbonyl (C=O) groups excluding carboxylic acids is 1. The summed E-state index contributed by atoms with van der Waals surface area (Å²) in [7, 11) is 6.44. The molecule has 0 saturated heterocycles. The lowest BCUT2D eigenvalue weighted by atomic mass is 10.1. The predicted molar refractivity (Wildman–Crippen MR) is 95.0 cm³/mol. The number of benzene rings is 2. The van der Waals surface area contributed by atoms with Crippen molar-refractivity contribution in [1.82, 2.24) is 4.90 Å². The molecule has 0 aliphatic heterocycles. The minimum Gasteiger partial charge on any atom is -0.497 e. The second-order valence-electron chi connectivity index (χ2n) is 5.35. The molecule has 0 radical (unpaired) electrons. The van der Waals surface area contributed by atoms with E-state index in [2.05, 4.69) is 0 Å². The zero-order valence-electron chi connectivity index (χ0n) is 14.9. The van der Waals surface area contributed by atoms with Gasteiger partial charge in [-0.1, -0.05) is 0 Å². The molecule has 1 amide bonds. The van der Waals surface area contributed by atoms with Gasteiger partial charge < -0.3 is 23.8 Å². The van der Waals surface area contributed by atoms with Gasteiger partial charge in [-0.05, 0) is 36.4 Å². The second kappa shape index (κ2) is 8.82. The molecule has 0 heterocycles. The monoisotopic (exact) mass is 345 g/mol. The van der Waals surface area contributed by atoms with Crippen LogP contribution in [-0.4, -0.2) is 52.3 Å². The molecule has 0 aliphatic carbocycles. The number of rotatable bonds is 8. The van der Waals surface area contributed by atoms with E-state index >= 15 is 0 Å². The van der Waals surface area contributed by atoms with Crippen molar-refractivity contribution in [2.24, 2.45) is 0 Å². The van der Waals surface area contributed by atoms with Crippen LogP contribution in [0.2, 0.25) is 0 Å². The number of hydrogen-bond donors (Lipinski definition) is 0. The van der Waals surface area contributed by atoms with Crippen LogP contribution in [0.1, 0.15) is 10.4 Å². The zero-order valence-corrected chi connectivity index (χ0v) is 14.9. The van der Waals surface area contributed by atoms with Gasteiger partial charge in [-0.3, -0.25) is 4.79 Å². The summed E-state index contributed by atoms with van der Waals surface area (Å²) in [6.45, 7) is 0.833. The molecular formula is C19H23NO5. The summed E-state index contributed by atoms with van der Waals surface area (Å²) in [6, 6.07) is 12.4. The standard InChI is InChI=1S/C19H23NO5/c1-20(9-10-25-16-7-5-15(22-2)6-8-16)19(21)14-11-17(23-3)13-18(12-14)24-4/h5-8,11-13H,9-10H2,1-4H3. The maximum Gasteiger partial charge on any atom is 0.253 e. The van der Waals surface area contributed by atoms with Crippen LogP contribution in [0, 0.1) is 0 Å². The Balaban J connectivity index is 1.93. The summed E-state index contributed by atoms with van der Waals surface area (Å²) in [5.74, 6) is 2.52. The molecule has 0 unspecified atom stereocenters. The lowest BCUT2D eigenvalue weighted by molar-refractivity contribution is 0.0773. The minimum atomic E-state index is -0.129. The Bertz CT molecular complexity index is 677. The molecule has 0 spiro atoms. The fraction of sp³-hybridized carbons (Fsp3) is 0.316. The maximum absolute atomic E-state index is 12.5. The van der Waals surface area contributed by atoms with E-state index in [1.807, 2.05) is 24.3 Å². The van der Waals surface area contributed by atoms with Gasteiger partial charge in [0.1, 0.15) is 29.6 Å². The number of ether oxygens (including phenoxy) is 4. The van der Waals surface area contributed by atoms with E-state index in [9.17, 15) is 4.79 Å². The van der Waals surface area contributed by atoms with E-state index in [0.29, 0.717) is 30.2 Å². The van der Waals surface area contributed by atoms with Crippen LogP contribution in [0.3, 0.4) is 0 Å². The minimum absolute atomic E-state index is 0.129. The van der Waals surface area contributed by atoms with Gasteiger partial charge in [0.25, 0.3) is 5.91 Å². The van der Waals surface area contributed by atoms with Gasteiger partial charge in [0.15, 0.2) is 0 Å². The van der Waals surface area contributed by atoms with Crippen molar-refractivity contribution >= 4 is 5.91 Å². The van der Waals surface area contributed by atoms with E-state index in [1.165, 1.54) is 0 Å². The van der Waals surface area contributed by atoms with E-state index < -0.39 is 0 Å². The predicted octanol–water partition coefficient (Wildman–Crippen LogP) is 2.86. The Morgan fingerprint density at radius 3 is 1.88 bits per heavy atom. The first kappa shape index (κ1) is 18.4. The van der Waals surface area contributed by atoms with Gasteiger partial charge in [-0.2, -0.15) is 0 Å². The van der Waals surface area contributed by atoms with Crippen LogP contribution >= 0.6 is 0 Å². The average Bonchev–Trinajstić information content (AvgIpc) is 2.67. The number of nitrogens with zero attached hydrogens (tertiary/aromatic N) is 1. The SMILES string of the molecule is COc1ccc(OCCN(C)C(=O)c2cc(OC)cc(OC)c2)cc1. The quantitative estimate of drug-likeness (QED) is 0.736. The molecule has 2 aromatic carbocycles. The summed E-state index contributed by atoms with van der Waals surface area (Å²) in [5.41, 5.74) is 0.503. The lowest BCUT2D eigenvalue weighted by Gasteiger charge is -2.18. The highest BCUT2D eigenvalue weighted by Gasteiger charge is 2.14.